The molecule has 0 fully saturated rings. The number of nitrogens with zero attached hydrogens (tertiary/aromatic N) is 1. The van der Waals surface area contributed by atoms with Crippen LogP contribution in [0.15, 0.2) is 35.5 Å². The second-order valence-corrected chi connectivity index (χ2v) is 8.72. The minimum absolute atomic E-state index is 0.0775. The molecule has 2 aromatic rings. The van der Waals surface area contributed by atoms with Crippen LogP contribution in [-0.4, -0.2) is 25.1 Å². The molecule has 6 heteroatoms. The van der Waals surface area contributed by atoms with E-state index in [1.165, 1.54) is 40.7 Å². The lowest BCUT2D eigenvalue weighted by molar-refractivity contribution is -0.113. The van der Waals surface area contributed by atoms with Crippen molar-refractivity contribution in [3.63, 3.8) is 0 Å². The molecule has 0 saturated heterocycles. The summed E-state index contributed by atoms with van der Waals surface area (Å²) in [6, 6.07) is 5.31. The van der Waals surface area contributed by atoms with Crippen molar-refractivity contribution in [2.45, 2.75) is 43.4 Å². The first-order valence-corrected chi connectivity index (χ1v) is 10.3. The molecule has 1 aromatic heterocycles. The number of amides is 1. The summed E-state index contributed by atoms with van der Waals surface area (Å²) >= 11 is 0. The van der Waals surface area contributed by atoms with Gasteiger partial charge in [0.2, 0.25) is 5.91 Å². The summed E-state index contributed by atoms with van der Waals surface area (Å²) in [6.45, 7) is 0. The molecule has 2 aliphatic rings. The zero-order valence-electron chi connectivity index (χ0n) is 13.9. The number of aromatic nitrogens is 1. The topological polar surface area (TPSA) is 76.1 Å². The highest BCUT2D eigenvalue weighted by Gasteiger charge is 2.26. The normalized spacial score (nSPS) is 15.7. The third kappa shape index (κ3) is 3.06. The molecule has 4 rings (SSSR count). The Morgan fingerprint density at radius 1 is 1.08 bits per heavy atom. The van der Waals surface area contributed by atoms with E-state index in [9.17, 15) is 13.2 Å². The van der Waals surface area contributed by atoms with Crippen LogP contribution in [0.1, 0.15) is 35.1 Å². The van der Waals surface area contributed by atoms with Crippen molar-refractivity contribution in [2.24, 2.45) is 0 Å². The second-order valence-electron chi connectivity index (χ2n) is 6.73. The maximum absolute atomic E-state index is 12.5. The van der Waals surface area contributed by atoms with Crippen molar-refractivity contribution in [1.82, 2.24) is 4.98 Å². The number of fused-ring (bicyclic) bond motifs is 2. The summed E-state index contributed by atoms with van der Waals surface area (Å²) < 4.78 is 24.8. The molecule has 0 saturated carbocycles. The third-order valence-corrected chi connectivity index (χ3v) is 6.65. The molecule has 0 bridgehead atoms. The Balaban J connectivity index is 1.60. The zero-order valence-corrected chi connectivity index (χ0v) is 14.7. The minimum Gasteiger partial charge on any atom is -0.325 e. The molecule has 25 heavy (non-hydrogen) atoms. The number of aryl methyl sites for hydroxylation is 2. The van der Waals surface area contributed by atoms with Crippen LogP contribution < -0.4 is 5.32 Å². The average Bonchev–Trinajstić information content (AvgIpc) is 3.24. The highest BCUT2D eigenvalue weighted by atomic mass is 32.2. The van der Waals surface area contributed by atoms with E-state index in [4.69, 9.17) is 0 Å². The van der Waals surface area contributed by atoms with E-state index >= 15 is 0 Å². The standard InChI is InChI=1S/C19H20N2O3S/c22-18(12-25(23,24)15-6-3-9-20-11-15)21-19-16-7-1-4-13(16)10-14-5-2-8-17(14)19/h3,6,9-11H,1-2,4-5,7-8,12H2,(H,21,22). The quantitative estimate of drug-likeness (QED) is 0.913. The summed E-state index contributed by atoms with van der Waals surface area (Å²) in [7, 11) is -3.68. The molecule has 0 atom stereocenters. The van der Waals surface area contributed by atoms with Gasteiger partial charge in [-0.2, -0.15) is 0 Å². The molecule has 0 spiro atoms. The number of hydrogen-bond donors (Lipinski definition) is 1. The first-order chi connectivity index (χ1) is 12.0. The highest BCUT2D eigenvalue weighted by Crippen LogP contribution is 2.38. The van der Waals surface area contributed by atoms with Gasteiger partial charge in [0.15, 0.2) is 9.84 Å². The lowest BCUT2D eigenvalue weighted by atomic mass is 9.98. The number of carbonyl (C=O) groups excluding carboxylic acids is 1. The van der Waals surface area contributed by atoms with E-state index in [1.807, 2.05) is 0 Å². The molecule has 0 aliphatic heterocycles. The van der Waals surface area contributed by atoms with Gasteiger partial charge in [-0.1, -0.05) is 6.07 Å². The van der Waals surface area contributed by atoms with Gasteiger partial charge in [-0.3, -0.25) is 9.78 Å². The number of sulfone groups is 1. The smallest absolute Gasteiger partial charge is 0.239 e. The SMILES string of the molecule is O=C(CS(=O)(=O)c1cccnc1)Nc1c2c(cc3c1CCC3)CCC2. The van der Waals surface area contributed by atoms with Crippen LogP contribution in [0.2, 0.25) is 0 Å². The monoisotopic (exact) mass is 356 g/mol. The van der Waals surface area contributed by atoms with Crippen LogP contribution in [0, 0.1) is 0 Å². The number of nitrogens with one attached hydrogen (secondary N) is 1. The molecule has 1 heterocycles. The predicted octanol–water partition coefficient (Wildman–Crippen LogP) is 2.47. The van der Waals surface area contributed by atoms with Crippen molar-refractivity contribution in [2.75, 3.05) is 11.1 Å². The number of carbonyl (C=O) groups is 1. The fourth-order valence-corrected chi connectivity index (χ4v) is 5.02. The minimum atomic E-state index is -3.68. The summed E-state index contributed by atoms with van der Waals surface area (Å²) in [6.07, 6.45) is 8.96. The predicted molar refractivity (Wildman–Crippen MR) is 95.4 cm³/mol. The van der Waals surface area contributed by atoms with Crippen LogP contribution in [0.3, 0.4) is 0 Å². The molecule has 5 nitrogen and oxygen atoms in total. The summed E-state index contributed by atoms with van der Waals surface area (Å²) in [5.74, 6) is -1.03. The van der Waals surface area contributed by atoms with Crippen molar-refractivity contribution in [3.05, 3.63) is 52.8 Å². The Morgan fingerprint density at radius 3 is 2.36 bits per heavy atom. The van der Waals surface area contributed by atoms with E-state index in [0.29, 0.717) is 0 Å². The van der Waals surface area contributed by atoms with Crippen LogP contribution >= 0.6 is 0 Å². The molecule has 1 N–H and O–H groups in total. The molecular weight excluding hydrogens is 336 g/mol. The Kier molecular flexibility index (Phi) is 4.07. The Bertz CT molecular complexity index is 905. The summed E-state index contributed by atoms with van der Waals surface area (Å²) in [5.41, 5.74) is 5.91. The van der Waals surface area contributed by atoms with E-state index in [-0.39, 0.29) is 4.90 Å². The van der Waals surface area contributed by atoms with Gasteiger partial charge in [0, 0.05) is 18.1 Å². The maximum Gasteiger partial charge on any atom is 0.239 e. The lowest BCUT2D eigenvalue weighted by Crippen LogP contribution is -2.24. The van der Waals surface area contributed by atoms with Gasteiger partial charge in [0.05, 0.1) is 4.90 Å². The fraction of sp³-hybridized carbons (Fsp3) is 0.368. The van der Waals surface area contributed by atoms with Gasteiger partial charge in [0.25, 0.3) is 0 Å². The maximum atomic E-state index is 12.5. The van der Waals surface area contributed by atoms with Gasteiger partial charge in [-0.15, -0.1) is 0 Å². The van der Waals surface area contributed by atoms with Crippen LogP contribution in [0.25, 0.3) is 0 Å². The highest BCUT2D eigenvalue weighted by molar-refractivity contribution is 7.92. The molecular formula is C19H20N2O3S. The fourth-order valence-electron chi connectivity index (χ4n) is 3.93. The number of rotatable bonds is 4. The van der Waals surface area contributed by atoms with E-state index in [1.54, 1.807) is 6.07 Å². The Labute approximate surface area is 147 Å². The first-order valence-electron chi connectivity index (χ1n) is 8.64. The van der Waals surface area contributed by atoms with Gasteiger partial charge in [-0.05, 0) is 72.9 Å². The summed E-state index contributed by atoms with van der Waals surface area (Å²) in [4.78, 5) is 16.4. The number of pyridine rings is 1. The molecule has 0 unspecified atom stereocenters. The van der Waals surface area contributed by atoms with Gasteiger partial charge < -0.3 is 5.32 Å². The Hall–Kier alpha value is -2.21. The zero-order chi connectivity index (χ0) is 17.4. The van der Waals surface area contributed by atoms with Gasteiger partial charge in [-0.25, -0.2) is 8.42 Å². The largest absolute Gasteiger partial charge is 0.325 e. The molecule has 1 aromatic carbocycles. The first kappa shape index (κ1) is 16.3. The van der Waals surface area contributed by atoms with Crippen molar-refractivity contribution < 1.29 is 13.2 Å². The third-order valence-electron chi connectivity index (χ3n) is 5.05. The van der Waals surface area contributed by atoms with Gasteiger partial charge >= 0.3 is 0 Å². The number of benzene rings is 1. The van der Waals surface area contributed by atoms with Crippen LogP contribution in [-0.2, 0) is 40.3 Å². The molecule has 2 aliphatic carbocycles. The van der Waals surface area contributed by atoms with E-state index < -0.39 is 21.5 Å². The van der Waals surface area contributed by atoms with Crippen LogP contribution in [0.4, 0.5) is 5.69 Å². The number of hydrogen-bond acceptors (Lipinski definition) is 4. The van der Waals surface area contributed by atoms with Crippen molar-refractivity contribution >= 4 is 21.4 Å². The molecule has 0 radical (unpaired) electrons. The van der Waals surface area contributed by atoms with Gasteiger partial charge in [0.1, 0.15) is 5.75 Å². The van der Waals surface area contributed by atoms with Crippen LogP contribution in [0.5, 0.6) is 0 Å². The van der Waals surface area contributed by atoms with Crippen molar-refractivity contribution in [3.8, 4) is 0 Å². The second kappa shape index (κ2) is 6.26. The lowest BCUT2D eigenvalue weighted by Gasteiger charge is -2.16. The number of anilines is 1. The molecule has 1 amide bonds. The molecule has 130 valence electrons. The van der Waals surface area contributed by atoms with Crippen molar-refractivity contribution in [1.29, 1.82) is 0 Å². The summed E-state index contributed by atoms with van der Waals surface area (Å²) in [5, 5.41) is 2.93. The van der Waals surface area contributed by atoms with E-state index in [0.717, 1.165) is 44.2 Å². The average molecular weight is 356 g/mol. The Morgan fingerprint density at radius 2 is 1.76 bits per heavy atom. The van der Waals surface area contributed by atoms with E-state index in [2.05, 4.69) is 16.4 Å².